The summed E-state index contributed by atoms with van der Waals surface area (Å²) in [6, 6.07) is 19.3. The van der Waals surface area contributed by atoms with Gasteiger partial charge < -0.3 is 10.1 Å². The van der Waals surface area contributed by atoms with Crippen LogP contribution in [0, 0.1) is 11.3 Å². The molecule has 0 spiro atoms. The summed E-state index contributed by atoms with van der Waals surface area (Å²) in [5, 5.41) is 13.3. The Labute approximate surface area is 180 Å². The molecule has 30 heavy (non-hydrogen) atoms. The normalized spacial score (nSPS) is 13.5. The van der Waals surface area contributed by atoms with Gasteiger partial charge in [0.05, 0.1) is 5.56 Å². The zero-order chi connectivity index (χ0) is 21.1. The molecule has 1 amide bonds. The van der Waals surface area contributed by atoms with Crippen LogP contribution in [0.4, 0.5) is 5.00 Å². The van der Waals surface area contributed by atoms with Gasteiger partial charge in [0, 0.05) is 29.6 Å². The average molecular weight is 418 g/mol. The predicted octanol–water partition coefficient (Wildman–Crippen LogP) is 5.43. The molecule has 0 radical (unpaired) electrons. The number of benzene rings is 2. The summed E-state index contributed by atoms with van der Waals surface area (Å²) in [5.41, 5.74) is 2.17. The second kappa shape index (κ2) is 8.70. The van der Waals surface area contributed by atoms with Gasteiger partial charge in [-0.25, -0.2) is 0 Å². The Kier molecular flexibility index (Phi) is 5.84. The van der Waals surface area contributed by atoms with E-state index in [4.69, 9.17) is 4.74 Å². The van der Waals surface area contributed by atoms with Crippen LogP contribution in [0.5, 0.6) is 11.5 Å². The van der Waals surface area contributed by atoms with Crippen LogP contribution in [0.1, 0.15) is 40.2 Å². The summed E-state index contributed by atoms with van der Waals surface area (Å²) < 4.78 is 5.83. The lowest BCUT2D eigenvalue weighted by molar-refractivity contribution is 0.102. The molecule has 0 saturated carbocycles. The van der Waals surface area contributed by atoms with Crippen LogP contribution in [0.25, 0.3) is 0 Å². The van der Waals surface area contributed by atoms with E-state index in [1.165, 1.54) is 16.2 Å². The lowest BCUT2D eigenvalue weighted by Gasteiger charge is -2.30. The number of amides is 1. The molecule has 1 aliphatic heterocycles. The summed E-state index contributed by atoms with van der Waals surface area (Å²) in [4.78, 5) is 16.4. The van der Waals surface area contributed by atoms with Crippen molar-refractivity contribution in [3.63, 3.8) is 0 Å². The molecule has 3 aromatic rings. The van der Waals surface area contributed by atoms with Crippen molar-refractivity contribution >= 4 is 22.2 Å². The third-order valence-electron chi connectivity index (χ3n) is 5.23. The highest BCUT2D eigenvalue weighted by Crippen LogP contribution is 2.37. The van der Waals surface area contributed by atoms with Gasteiger partial charge in [-0.3, -0.25) is 9.69 Å². The van der Waals surface area contributed by atoms with Gasteiger partial charge in [0.25, 0.3) is 5.91 Å². The Bertz CT molecular complexity index is 1100. The zero-order valence-corrected chi connectivity index (χ0v) is 17.8. The number of fused-ring (bicyclic) bond motifs is 1. The van der Waals surface area contributed by atoms with Crippen molar-refractivity contribution in [1.82, 2.24) is 4.90 Å². The van der Waals surface area contributed by atoms with Crippen molar-refractivity contribution in [2.24, 2.45) is 0 Å². The standard InChI is InChI=1S/C24H23N3O2S/c1-16(2)27-12-11-20-21(14-25)24(30-22(20)15-27)26-23(28)17-7-6-10-19(13-17)29-18-8-4-3-5-9-18/h3-10,13,16H,11-12,15H2,1-2H3,(H,26,28). The van der Waals surface area contributed by atoms with Gasteiger partial charge in [0.15, 0.2) is 0 Å². The van der Waals surface area contributed by atoms with E-state index in [0.29, 0.717) is 33.7 Å². The van der Waals surface area contributed by atoms with Crippen LogP contribution in [-0.4, -0.2) is 23.4 Å². The topological polar surface area (TPSA) is 65.4 Å². The largest absolute Gasteiger partial charge is 0.457 e. The second-order valence-corrected chi connectivity index (χ2v) is 8.64. The number of nitrogens with one attached hydrogen (secondary N) is 1. The van der Waals surface area contributed by atoms with Crippen molar-refractivity contribution in [2.45, 2.75) is 32.9 Å². The molecule has 0 bridgehead atoms. The zero-order valence-electron chi connectivity index (χ0n) is 17.0. The number of carbonyl (C=O) groups is 1. The van der Waals surface area contributed by atoms with Gasteiger partial charge in [0.1, 0.15) is 22.6 Å². The molecule has 4 rings (SSSR count). The van der Waals surface area contributed by atoms with Crippen molar-refractivity contribution < 1.29 is 9.53 Å². The molecule has 0 fully saturated rings. The number of rotatable bonds is 5. The van der Waals surface area contributed by atoms with Crippen LogP contribution < -0.4 is 10.1 Å². The number of carbonyl (C=O) groups excluding carboxylic acids is 1. The van der Waals surface area contributed by atoms with Crippen molar-refractivity contribution in [1.29, 1.82) is 5.26 Å². The molecule has 0 atom stereocenters. The minimum Gasteiger partial charge on any atom is -0.457 e. The molecule has 1 aliphatic rings. The number of thiophene rings is 1. The number of nitrogens with zero attached hydrogens (tertiary/aromatic N) is 2. The fraction of sp³-hybridized carbons (Fsp3) is 0.250. The first-order valence-corrected chi connectivity index (χ1v) is 10.8. The summed E-state index contributed by atoms with van der Waals surface area (Å²) in [7, 11) is 0. The molecule has 0 saturated heterocycles. The Morgan fingerprint density at radius 1 is 1.17 bits per heavy atom. The SMILES string of the molecule is CC(C)N1CCc2c(sc(NC(=O)c3cccc(Oc4ccccc4)c3)c2C#N)C1. The maximum atomic E-state index is 12.9. The van der Waals surface area contributed by atoms with Gasteiger partial charge >= 0.3 is 0 Å². The van der Waals surface area contributed by atoms with Crippen LogP contribution in [0.3, 0.4) is 0 Å². The van der Waals surface area contributed by atoms with E-state index in [9.17, 15) is 10.1 Å². The molecular weight excluding hydrogens is 394 g/mol. The molecular formula is C24H23N3O2S. The van der Waals surface area contributed by atoms with E-state index in [2.05, 4.69) is 30.1 Å². The van der Waals surface area contributed by atoms with Crippen LogP contribution >= 0.6 is 11.3 Å². The van der Waals surface area contributed by atoms with Gasteiger partial charge in [-0.1, -0.05) is 24.3 Å². The first kappa shape index (κ1) is 20.1. The molecule has 1 aromatic heterocycles. The lowest BCUT2D eigenvalue weighted by atomic mass is 10.0. The molecule has 2 heterocycles. The fourth-order valence-electron chi connectivity index (χ4n) is 3.57. The quantitative estimate of drug-likeness (QED) is 0.601. The number of para-hydroxylation sites is 1. The van der Waals surface area contributed by atoms with E-state index in [-0.39, 0.29) is 5.91 Å². The third-order valence-corrected chi connectivity index (χ3v) is 6.36. The molecule has 0 unspecified atom stereocenters. The third kappa shape index (κ3) is 4.23. The second-order valence-electron chi connectivity index (χ2n) is 7.53. The average Bonchev–Trinajstić information content (AvgIpc) is 3.10. The van der Waals surface area contributed by atoms with E-state index < -0.39 is 0 Å². The molecule has 2 aromatic carbocycles. The maximum absolute atomic E-state index is 12.9. The van der Waals surface area contributed by atoms with Crippen molar-refractivity contribution in [3.8, 4) is 17.6 Å². The number of hydrogen-bond donors (Lipinski definition) is 1. The fourth-order valence-corrected chi connectivity index (χ4v) is 4.79. The predicted molar refractivity (Wildman–Crippen MR) is 119 cm³/mol. The van der Waals surface area contributed by atoms with Crippen molar-refractivity contribution in [3.05, 3.63) is 76.2 Å². The lowest BCUT2D eigenvalue weighted by Crippen LogP contribution is -2.35. The first-order chi connectivity index (χ1) is 14.5. The van der Waals surface area contributed by atoms with Gasteiger partial charge in [-0.15, -0.1) is 11.3 Å². The Hall–Kier alpha value is -3.14. The van der Waals surface area contributed by atoms with E-state index >= 15 is 0 Å². The molecule has 6 heteroatoms. The monoisotopic (exact) mass is 417 g/mol. The minimum absolute atomic E-state index is 0.246. The summed E-state index contributed by atoms with van der Waals surface area (Å²) in [6.07, 6.45) is 0.836. The Morgan fingerprint density at radius 3 is 2.67 bits per heavy atom. The molecule has 5 nitrogen and oxygen atoms in total. The number of ether oxygens (including phenoxy) is 1. The first-order valence-electron chi connectivity index (χ1n) is 9.98. The highest BCUT2D eigenvalue weighted by Gasteiger charge is 2.26. The maximum Gasteiger partial charge on any atom is 0.256 e. The van der Waals surface area contributed by atoms with E-state index in [1.54, 1.807) is 18.2 Å². The Balaban J connectivity index is 1.53. The Morgan fingerprint density at radius 2 is 1.93 bits per heavy atom. The van der Waals surface area contributed by atoms with Gasteiger partial charge in [-0.05, 0) is 56.2 Å². The number of nitriles is 1. The molecule has 152 valence electrons. The number of hydrogen-bond acceptors (Lipinski definition) is 5. The van der Waals surface area contributed by atoms with Crippen LogP contribution in [0.15, 0.2) is 54.6 Å². The smallest absolute Gasteiger partial charge is 0.256 e. The van der Waals surface area contributed by atoms with E-state index in [0.717, 1.165) is 25.1 Å². The van der Waals surface area contributed by atoms with Crippen LogP contribution in [-0.2, 0) is 13.0 Å². The van der Waals surface area contributed by atoms with Gasteiger partial charge in [0.2, 0.25) is 0 Å². The van der Waals surface area contributed by atoms with E-state index in [1.807, 2.05) is 36.4 Å². The molecule has 1 N–H and O–H groups in total. The van der Waals surface area contributed by atoms with Crippen LogP contribution in [0.2, 0.25) is 0 Å². The summed E-state index contributed by atoms with van der Waals surface area (Å²) in [5.74, 6) is 1.05. The molecule has 0 aliphatic carbocycles. The van der Waals surface area contributed by atoms with Crippen molar-refractivity contribution in [2.75, 3.05) is 11.9 Å². The highest BCUT2D eigenvalue weighted by molar-refractivity contribution is 7.16. The number of anilines is 1. The summed E-state index contributed by atoms with van der Waals surface area (Å²) >= 11 is 1.51. The minimum atomic E-state index is -0.246. The highest BCUT2D eigenvalue weighted by atomic mass is 32.1. The summed E-state index contributed by atoms with van der Waals surface area (Å²) in [6.45, 7) is 6.11. The van der Waals surface area contributed by atoms with Gasteiger partial charge in [-0.2, -0.15) is 5.26 Å².